The highest BCUT2D eigenvalue weighted by Crippen LogP contribution is 2.30. The molecule has 104 valence electrons. The van der Waals surface area contributed by atoms with E-state index in [0.29, 0.717) is 10.6 Å². The molecular formula is C15H16N2O2S. The number of para-hydroxylation sites is 1. The molecule has 1 aliphatic rings. The number of hydrogen-bond acceptors (Lipinski definition) is 3. The van der Waals surface area contributed by atoms with Gasteiger partial charge < -0.3 is 5.32 Å². The maximum absolute atomic E-state index is 12.2. The fraction of sp³-hybridized carbons (Fsp3) is 0.200. The van der Waals surface area contributed by atoms with Crippen molar-refractivity contribution < 1.29 is 8.42 Å². The van der Waals surface area contributed by atoms with Gasteiger partial charge in [0.2, 0.25) is 10.0 Å². The number of nitrogens with one attached hydrogen (secondary N) is 2. The Morgan fingerprint density at radius 1 is 1.05 bits per heavy atom. The number of rotatable bonds is 2. The predicted molar refractivity (Wildman–Crippen MR) is 78.9 cm³/mol. The fourth-order valence-corrected chi connectivity index (χ4v) is 3.63. The second kappa shape index (κ2) is 4.92. The number of aryl methyl sites for hydroxylation is 1. The minimum atomic E-state index is -3.47. The minimum Gasteiger partial charge on any atom is -0.364 e. The topological polar surface area (TPSA) is 58.2 Å². The Kier molecular flexibility index (Phi) is 3.23. The summed E-state index contributed by atoms with van der Waals surface area (Å²) in [6.07, 6.45) is 0.535. The third-order valence-corrected chi connectivity index (χ3v) is 4.95. The summed E-state index contributed by atoms with van der Waals surface area (Å²) in [5, 5.41) is 3.22. The molecule has 1 atom stereocenters. The lowest BCUT2D eigenvalue weighted by Crippen LogP contribution is -2.38. The van der Waals surface area contributed by atoms with Gasteiger partial charge in [-0.3, -0.25) is 0 Å². The molecule has 3 rings (SSSR count). The van der Waals surface area contributed by atoms with Gasteiger partial charge in [0, 0.05) is 0 Å². The van der Waals surface area contributed by atoms with Gasteiger partial charge in [-0.1, -0.05) is 43.3 Å². The van der Waals surface area contributed by atoms with E-state index in [1.807, 2.05) is 30.3 Å². The van der Waals surface area contributed by atoms with Gasteiger partial charge in [0.1, 0.15) is 11.1 Å². The van der Waals surface area contributed by atoms with Crippen LogP contribution in [0.5, 0.6) is 0 Å². The molecule has 5 heteroatoms. The van der Waals surface area contributed by atoms with E-state index in [2.05, 4.69) is 17.0 Å². The van der Waals surface area contributed by atoms with Crippen LogP contribution in [0.2, 0.25) is 0 Å². The molecule has 0 amide bonds. The van der Waals surface area contributed by atoms with E-state index in [4.69, 9.17) is 0 Å². The van der Waals surface area contributed by atoms with E-state index in [9.17, 15) is 8.42 Å². The summed E-state index contributed by atoms with van der Waals surface area (Å²) in [5.41, 5.74) is 2.77. The molecule has 1 heterocycles. The van der Waals surface area contributed by atoms with Gasteiger partial charge in [0.15, 0.2) is 0 Å². The molecule has 0 saturated heterocycles. The molecule has 0 aromatic heterocycles. The Hall–Kier alpha value is -1.85. The number of anilines is 1. The molecule has 0 radical (unpaired) electrons. The lowest BCUT2D eigenvalue weighted by atomic mass is 10.1. The van der Waals surface area contributed by atoms with Gasteiger partial charge in [-0.2, -0.15) is 4.72 Å². The van der Waals surface area contributed by atoms with Crippen molar-refractivity contribution in [3.05, 3.63) is 59.7 Å². The largest absolute Gasteiger partial charge is 0.364 e. The number of hydrogen-bond donors (Lipinski definition) is 2. The average molecular weight is 288 g/mol. The maximum Gasteiger partial charge on any atom is 0.244 e. The lowest BCUT2D eigenvalue weighted by Gasteiger charge is -2.28. The monoisotopic (exact) mass is 288 g/mol. The highest BCUT2D eigenvalue weighted by atomic mass is 32.2. The van der Waals surface area contributed by atoms with E-state index < -0.39 is 16.2 Å². The molecule has 0 aliphatic carbocycles. The van der Waals surface area contributed by atoms with Crippen molar-refractivity contribution in [2.45, 2.75) is 24.4 Å². The Morgan fingerprint density at radius 2 is 1.75 bits per heavy atom. The van der Waals surface area contributed by atoms with Crippen molar-refractivity contribution >= 4 is 15.7 Å². The minimum absolute atomic E-state index is 0.293. The van der Waals surface area contributed by atoms with Crippen LogP contribution in [-0.4, -0.2) is 8.42 Å². The Balaban J connectivity index is 1.98. The van der Waals surface area contributed by atoms with Crippen LogP contribution in [0.15, 0.2) is 53.4 Å². The summed E-state index contributed by atoms with van der Waals surface area (Å²) in [4.78, 5) is 0.293. The zero-order valence-corrected chi connectivity index (χ0v) is 11.9. The normalized spacial score (nSPS) is 19.9. The second-order valence-electron chi connectivity index (χ2n) is 4.79. The third-order valence-electron chi connectivity index (χ3n) is 3.47. The average Bonchev–Trinajstić information content (AvgIpc) is 2.47. The quantitative estimate of drug-likeness (QED) is 0.893. The molecule has 0 spiro atoms. The first-order valence-electron chi connectivity index (χ1n) is 6.57. The Bertz CT molecular complexity index is 724. The van der Waals surface area contributed by atoms with E-state index in [1.54, 1.807) is 18.2 Å². The summed E-state index contributed by atoms with van der Waals surface area (Å²) in [7, 11) is -3.47. The van der Waals surface area contributed by atoms with Crippen LogP contribution in [0, 0.1) is 0 Å². The lowest BCUT2D eigenvalue weighted by molar-refractivity contribution is 0.562. The molecule has 2 aromatic carbocycles. The van der Waals surface area contributed by atoms with Crippen LogP contribution in [0.25, 0.3) is 0 Å². The Labute approximate surface area is 118 Å². The van der Waals surface area contributed by atoms with Crippen molar-refractivity contribution in [1.29, 1.82) is 0 Å². The van der Waals surface area contributed by atoms with Crippen LogP contribution >= 0.6 is 0 Å². The smallest absolute Gasteiger partial charge is 0.244 e. The first kappa shape index (κ1) is 13.1. The maximum atomic E-state index is 12.2. The van der Waals surface area contributed by atoms with Crippen molar-refractivity contribution in [1.82, 2.24) is 4.72 Å². The van der Waals surface area contributed by atoms with Crippen LogP contribution < -0.4 is 10.0 Å². The van der Waals surface area contributed by atoms with Gasteiger partial charge in [0.05, 0.1) is 5.69 Å². The second-order valence-corrected chi connectivity index (χ2v) is 6.47. The highest BCUT2D eigenvalue weighted by Gasteiger charge is 2.29. The van der Waals surface area contributed by atoms with Crippen molar-refractivity contribution in [2.75, 3.05) is 5.32 Å². The predicted octanol–water partition coefficient (Wildman–Crippen LogP) is 2.65. The van der Waals surface area contributed by atoms with Crippen LogP contribution in [0.3, 0.4) is 0 Å². The van der Waals surface area contributed by atoms with Gasteiger partial charge in [-0.05, 0) is 29.7 Å². The van der Waals surface area contributed by atoms with E-state index in [1.165, 1.54) is 5.56 Å². The van der Waals surface area contributed by atoms with Gasteiger partial charge >= 0.3 is 0 Å². The Morgan fingerprint density at radius 3 is 2.45 bits per heavy atom. The summed E-state index contributed by atoms with van der Waals surface area (Å²) < 4.78 is 27.1. The van der Waals surface area contributed by atoms with Crippen LogP contribution in [0.1, 0.15) is 24.2 Å². The third kappa shape index (κ3) is 2.30. The van der Waals surface area contributed by atoms with E-state index >= 15 is 0 Å². The van der Waals surface area contributed by atoms with Crippen molar-refractivity contribution in [3.8, 4) is 0 Å². The summed E-state index contributed by atoms with van der Waals surface area (Å²) in [5.74, 6) is 0. The highest BCUT2D eigenvalue weighted by molar-refractivity contribution is 7.89. The van der Waals surface area contributed by atoms with Crippen LogP contribution in [-0.2, 0) is 16.4 Å². The number of sulfonamides is 1. The van der Waals surface area contributed by atoms with Crippen molar-refractivity contribution in [3.63, 3.8) is 0 Å². The van der Waals surface area contributed by atoms with Crippen molar-refractivity contribution in [2.24, 2.45) is 0 Å². The molecule has 2 N–H and O–H groups in total. The molecule has 0 unspecified atom stereocenters. The van der Waals surface area contributed by atoms with Gasteiger partial charge in [-0.25, -0.2) is 8.42 Å². The summed E-state index contributed by atoms with van der Waals surface area (Å²) >= 11 is 0. The summed E-state index contributed by atoms with van der Waals surface area (Å²) in [6, 6.07) is 14.9. The van der Waals surface area contributed by atoms with Gasteiger partial charge in [-0.15, -0.1) is 0 Å². The SMILES string of the molecule is CCc1ccc([C@@H]2Nc3ccccc3S(=O)(=O)N2)cc1. The van der Waals surface area contributed by atoms with Crippen LogP contribution in [0.4, 0.5) is 5.69 Å². The van der Waals surface area contributed by atoms with E-state index in [0.717, 1.165) is 12.0 Å². The number of benzene rings is 2. The molecule has 0 fully saturated rings. The molecule has 2 aromatic rings. The van der Waals surface area contributed by atoms with Gasteiger partial charge in [0.25, 0.3) is 0 Å². The molecule has 4 nitrogen and oxygen atoms in total. The molecule has 1 aliphatic heterocycles. The number of fused-ring (bicyclic) bond motifs is 1. The first-order chi connectivity index (χ1) is 9.60. The first-order valence-corrected chi connectivity index (χ1v) is 8.05. The molecule has 0 saturated carbocycles. The zero-order valence-electron chi connectivity index (χ0n) is 11.1. The van der Waals surface area contributed by atoms with E-state index in [-0.39, 0.29) is 0 Å². The summed E-state index contributed by atoms with van der Waals surface area (Å²) in [6.45, 7) is 2.09. The molecule has 20 heavy (non-hydrogen) atoms. The molecule has 0 bridgehead atoms. The standard InChI is InChI=1S/C15H16N2O2S/c1-2-11-7-9-12(10-8-11)15-16-13-5-3-4-6-14(13)20(18,19)17-15/h3-10,15-17H,2H2,1H3/t15-/m1/s1. The fourth-order valence-electron chi connectivity index (χ4n) is 2.32. The molecular weight excluding hydrogens is 272 g/mol. The zero-order chi connectivity index (χ0) is 14.2.